The number of carboxylic acids is 1. The van der Waals surface area contributed by atoms with Gasteiger partial charge in [0.05, 0.1) is 46.7 Å². The van der Waals surface area contributed by atoms with Crippen molar-refractivity contribution in [3.8, 4) is 0 Å². The summed E-state index contributed by atoms with van der Waals surface area (Å²) < 4.78 is 22.4. The molecule has 9 nitrogen and oxygen atoms in total. The zero-order valence-corrected chi connectivity index (χ0v) is 39.2. The van der Waals surface area contributed by atoms with Gasteiger partial charge in [-0.05, 0) is 70.6 Å². The van der Waals surface area contributed by atoms with E-state index in [1.807, 2.05) is 33.3 Å². The van der Waals surface area contributed by atoms with E-state index in [1.54, 1.807) is 6.08 Å². The van der Waals surface area contributed by atoms with Gasteiger partial charge in [-0.1, -0.05) is 170 Å². The van der Waals surface area contributed by atoms with Crippen molar-refractivity contribution in [3.63, 3.8) is 0 Å². The van der Waals surface area contributed by atoms with Crippen LogP contribution in [0.2, 0.25) is 0 Å². The van der Waals surface area contributed by atoms with Crippen molar-refractivity contribution >= 4 is 17.9 Å². The maximum Gasteiger partial charge on any atom is 0.310 e. The highest BCUT2D eigenvalue weighted by Gasteiger charge is 2.21. The number of rotatable bonds is 42. The van der Waals surface area contributed by atoms with Crippen LogP contribution < -0.4 is 5.11 Å². The van der Waals surface area contributed by atoms with Crippen LogP contribution in [0, 0.1) is 0 Å². The Morgan fingerprint density at radius 2 is 0.984 bits per heavy atom. The lowest BCUT2D eigenvalue weighted by atomic mass is 10.1. The fourth-order valence-corrected chi connectivity index (χ4v) is 5.99. The van der Waals surface area contributed by atoms with E-state index in [9.17, 15) is 19.5 Å². The number of carboxylic acid groups (broad SMARTS) is 1. The van der Waals surface area contributed by atoms with Crippen LogP contribution in [0.1, 0.15) is 168 Å². The summed E-state index contributed by atoms with van der Waals surface area (Å²) in [6.45, 7) is 4.48. The fourth-order valence-electron chi connectivity index (χ4n) is 5.99. The molecule has 0 heterocycles. The van der Waals surface area contributed by atoms with E-state index in [2.05, 4.69) is 80.7 Å². The smallest absolute Gasteiger partial charge is 0.310 e. The first kappa shape index (κ1) is 57.5. The van der Waals surface area contributed by atoms with E-state index >= 15 is 0 Å². The molecule has 0 aromatic rings. The second-order valence-electron chi connectivity index (χ2n) is 16.7. The molecule has 348 valence electrons. The summed E-state index contributed by atoms with van der Waals surface area (Å²) in [4.78, 5) is 37.0. The van der Waals surface area contributed by atoms with Crippen LogP contribution in [0.25, 0.3) is 0 Å². The molecule has 0 amide bonds. The van der Waals surface area contributed by atoms with Gasteiger partial charge >= 0.3 is 11.9 Å². The molecule has 61 heavy (non-hydrogen) atoms. The number of allylic oxidation sites excluding steroid dienone is 13. The number of esters is 2. The quantitative estimate of drug-likeness (QED) is 0.0196. The predicted molar refractivity (Wildman–Crippen MR) is 251 cm³/mol. The van der Waals surface area contributed by atoms with Crippen LogP contribution in [0.15, 0.2) is 85.1 Å². The van der Waals surface area contributed by atoms with E-state index in [-0.39, 0.29) is 32.7 Å². The number of hydrogen-bond acceptors (Lipinski definition) is 8. The molecule has 0 bridgehead atoms. The number of likely N-dealkylation sites (N-methyl/N-ethyl adjacent to an activating group) is 1. The van der Waals surface area contributed by atoms with Crippen LogP contribution >= 0.6 is 0 Å². The van der Waals surface area contributed by atoms with Crippen LogP contribution in [0.3, 0.4) is 0 Å². The first-order chi connectivity index (χ1) is 29.6. The van der Waals surface area contributed by atoms with Crippen molar-refractivity contribution in [1.82, 2.24) is 0 Å². The highest BCUT2D eigenvalue weighted by atomic mass is 16.7. The van der Waals surface area contributed by atoms with Gasteiger partial charge in [0.1, 0.15) is 13.2 Å². The minimum absolute atomic E-state index is 0.0106. The number of nitrogens with zero attached hydrogens (tertiary/aromatic N) is 1. The minimum Gasteiger partial charge on any atom is -0.545 e. The fraction of sp³-hybridized carbons (Fsp3) is 0.673. The summed E-state index contributed by atoms with van der Waals surface area (Å²) in [6, 6.07) is 0. The first-order valence-electron chi connectivity index (χ1n) is 23.7. The number of ether oxygens (including phenoxy) is 4. The molecule has 0 aliphatic heterocycles. The van der Waals surface area contributed by atoms with Crippen molar-refractivity contribution in [2.24, 2.45) is 0 Å². The van der Waals surface area contributed by atoms with Crippen LogP contribution in [0.5, 0.6) is 0 Å². The van der Waals surface area contributed by atoms with Crippen molar-refractivity contribution in [2.75, 3.05) is 47.5 Å². The molecule has 0 saturated heterocycles. The lowest BCUT2D eigenvalue weighted by Gasteiger charge is -2.26. The molecule has 0 aliphatic rings. The van der Waals surface area contributed by atoms with Crippen molar-refractivity contribution in [1.29, 1.82) is 0 Å². The molecule has 0 aliphatic carbocycles. The summed E-state index contributed by atoms with van der Waals surface area (Å²) in [7, 11) is 5.87. The van der Waals surface area contributed by atoms with Gasteiger partial charge in [-0.25, -0.2) is 0 Å². The highest BCUT2D eigenvalue weighted by molar-refractivity contribution is 5.71. The Labute approximate surface area is 372 Å². The van der Waals surface area contributed by atoms with Crippen LogP contribution in [0.4, 0.5) is 0 Å². The molecular weight excluding hydrogens is 767 g/mol. The predicted octanol–water partition coefficient (Wildman–Crippen LogP) is 11.6. The van der Waals surface area contributed by atoms with E-state index in [4.69, 9.17) is 18.9 Å². The van der Waals surface area contributed by atoms with Crippen molar-refractivity contribution in [2.45, 2.75) is 180 Å². The summed E-state index contributed by atoms with van der Waals surface area (Å²) in [5.41, 5.74) is 0. The normalized spacial score (nSPS) is 13.7. The average Bonchev–Trinajstić information content (AvgIpc) is 3.22. The SMILES string of the molecule is CC/C=C\C/C=C\C/C=C\C/C=C\C/C=C\CC(=O)OC(COC(=O)CCCCCCCCCCC/C=C\C/C=C\CCCCCCC)COC(OCC[N+](C)(C)C)C(=O)[O-]. The standard InChI is InChI=1S/C52H87NO8/c1-6-8-10-12-14-16-18-20-22-23-24-25-26-27-29-30-32-34-36-38-40-42-49(54)59-46-48(47-60-52(51(56)57)58-45-44-53(3,4)5)61-50(55)43-41-39-37-35-33-31-28-21-19-17-15-13-11-9-7-2/h9,11,15,17-18,20-21,23-24,28,33,35,39,41,48,52H,6-8,10,12-14,16,19,22,25-27,29-32,34,36-38,40,42-47H2,1-5H3/b11-9-,17-15-,20-18-,24-23-,28-21-,35-33-,41-39-. The summed E-state index contributed by atoms with van der Waals surface area (Å²) in [5, 5.41) is 11.7. The Kier molecular flexibility index (Phi) is 40.6. The molecule has 0 aromatic carbocycles. The molecule has 9 heteroatoms. The van der Waals surface area contributed by atoms with Crippen molar-refractivity contribution in [3.05, 3.63) is 85.1 Å². The zero-order valence-electron chi connectivity index (χ0n) is 39.2. The first-order valence-corrected chi connectivity index (χ1v) is 23.7. The molecule has 0 radical (unpaired) electrons. The summed E-state index contributed by atoms with van der Waals surface area (Å²) >= 11 is 0. The van der Waals surface area contributed by atoms with Gasteiger partial charge in [0.15, 0.2) is 12.4 Å². The highest BCUT2D eigenvalue weighted by Crippen LogP contribution is 2.13. The molecule has 0 N–H and O–H groups in total. The second-order valence-corrected chi connectivity index (χ2v) is 16.7. The molecule has 0 spiro atoms. The minimum atomic E-state index is -1.65. The van der Waals surface area contributed by atoms with E-state index in [0.29, 0.717) is 17.4 Å². The third kappa shape index (κ3) is 44.3. The van der Waals surface area contributed by atoms with Crippen LogP contribution in [-0.2, 0) is 33.3 Å². The largest absolute Gasteiger partial charge is 0.545 e. The van der Waals surface area contributed by atoms with Gasteiger partial charge in [0.25, 0.3) is 0 Å². The molecule has 0 rings (SSSR count). The Morgan fingerprint density at radius 1 is 0.525 bits per heavy atom. The molecule has 0 saturated carbocycles. The number of quaternary nitrogens is 1. The lowest BCUT2D eigenvalue weighted by molar-refractivity contribution is -0.870. The Hall–Kier alpha value is -3.53. The maximum absolute atomic E-state index is 12.7. The Morgan fingerprint density at radius 3 is 1.48 bits per heavy atom. The third-order valence-electron chi connectivity index (χ3n) is 9.66. The molecule has 2 unspecified atom stereocenters. The average molecular weight is 854 g/mol. The lowest BCUT2D eigenvalue weighted by Crippen LogP contribution is -2.44. The van der Waals surface area contributed by atoms with E-state index < -0.39 is 30.3 Å². The molecule has 0 fully saturated rings. The molecule has 0 aromatic heterocycles. The number of unbranched alkanes of at least 4 members (excludes halogenated alkanes) is 14. The zero-order chi connectivity index (χ0) is 44.9. The number of hydrogen-bond donors (Lipinski definition) is 0. The number of carbonyl (C=O) groups is 3. The van der Waals surface area contributed by atoms with Gasteiger partial charge in [-0.15, -0.1) is 0 Å². The Bertz CT molecular complexity index is 1270. The second kappa shape index (κ2) is 43.1. The molecule has 2 atom stereocenters. The monoisotopic (exact) mass is 854 g/mol. The van der Waals surface area contributed by atoms with Gasteiger partial charge in [-0.2, -0.15) is 0 Å². The van der Waals surface area contributed by atoms with E-state index in [0.717, 1.165) is 64.2 Å². The molecular formula is C52H87NO8. The van der Waals surface area contributed by atoms with Gasteiger partial charge in [0, 0.05) is 6.42 Å². The van der Waals surface area contributed by atoms with Gasteiger partial charge in [-0.3, -0.25) is 9.59 Å². The maximum atomic E-state index is 12.7. The number of carbonyl (C=O) groups excluding carboxylic acids is 3. The number of aliphatic carboxylic acids is 1. The van der Waals surface area contributed by atoms with Gasteiger partial charge < -0.3 is 33.3 Å². The van der Waals surface area contributed by atoms with Gasteiger partial charge in [0.2, 0.25) is 0 Å². The van der Waals surface area contributed by atoms with E-state index in [1.165, 1.54) is 70.6 Å². The Balaban J connectivity index is 4.49. The van der Waals surface area contributed by atoms with Crippen LogP contribution in [-0.4, -0.2) is 82.3 Å². The summed E-state index contributed by atoms with van der Waals surface area (Å²) in [6.07, 6.45) is 52.2. The topological polar surface area (TPSA) is 111 Å². The van der Waals surface area contributed by atoms with Crippen molar-refractivity contribution < 1.29 is 42.9 Å². The summed E-state index contributed by atoms with van der Waals surface area (Å²) in [5.74, 6) is -2.47. The third-order valence-corrected chi connectivity index (χ3v) is 9.66.